The van der Waals surface area contributed by atoms with E-state index in [2.05, 4.69) is 10.3 Å². The average Bonchev–Trinajstić information content (AvgIpc) is 2.76. The van der Waals surface area contributed by atoms with Crippen molar-refractivity contribution in [1.29, 1.82) is 0 Å². The van der Waals surface area contributed by atoms with Crippen LogP contribution in [0.1, 0.15) is 23.2 Å². The number of piperidine rings is 1. The lowest BCUT2D eigenvalue weighted by Crippen LogP contribution is -2.51. The molecule has 1 aromatic carbocycles. The number of rotatable bonds is 1. The van der Waals surface area contributed by atoms with Gasteiger partial charge in [-0.3, -0.25) is 19.5 Å². The van der Waals surface area contributed by atoms with Crippen LogP contribution in [0.5, 0.6) is 0 Å². The van der Waals surface area contributed by atoms with Gasteiger partial charge in [0, 0.05) is 18.1 Å². The third-order valence-electron chi connectivity index (χ3n) is 4.02. The van der Waals surface area contributed by atoms with Gasteiger partial charge < -0.3 is 5.32 Å². The molecule has 1 aromatic heterocycles. The molecule has 1 fully saturated rings. The van der Waals surface area contributed by atoms with E-state index in [0.29, 0.717) is 18.5 Å². The van der Waals surface area contributed by atoms with Gasteiger partial charge >= 0.3 is 0 Å². The molecule has 2 aliphatic rings. The minimum Gasteiger partial charge on any atom is -0.354 e. The second-order valence-electron chi connectivity index (χ2n) is 5.15. The molecular weight excluding hydrogens is 254 g/mol. The Bertz CT molecular complexity index is 736. The summed E-state index contributed by atoms with van der Waals surface area (Å²) in [5.41, 5.74) is 2.24. The first-order valence-corrected chi connectivity index (χ1v) is 6.76. The standard InChI is InChI=1S/C15H13N3O2/c19-14-12(5-2-7-17-14)18-11-6-8-16-10-4-1-3-9(13(10)11)15(18)20/h1,3-4,6,8,12H,2,5,7H2,(H,17,19). The predicted octanol–water partition coefficient (Wildman–Crippen LogP) is 1.47. The second kappa shape index (κ2) is 4.03. The normalized spacial score (nSPS) is 21.4. The van der Waals surface area contributed by atoms with Crippen molar-refractivity contribution in [3.8, 4) is 0 Å². The summed E-state index contributed by atoms with van der Waals surface area (Å²) in [5, 5.41) is 3.70. The van der Waals surface area contributed by atoms with Crippen molar-refractivity contribution in [2.24, 2.45) is 0 Å². The Hall–Kier alpha value is -2.43. The van der Waals surface area contributed by atoms with Crippen molar-refractivity contribution < 1.29 is 9.59 Å². The van der Waals surface area contributed by atoms with E-state index in [1.807, 2.05) is 18.2 Å². The topological polar surface area (TPSA) is 62.3 Å². The van der Waals surface area contributed by atoms with E-state index in [0.717, 1.165) is 23.0 Å². The summed E-state index contributed by atoms with van der Waals surface area (Å²) in [5.74, 6) is -0.164. The van der Waals surface area contributed by atoms with Gasteiger partial charge in [0.15, 0.2) is 0 Å². The highest BCUT2D eigenvalue weighted by Gasteiger charge is 2.39. The van der Waals surface area contributed by atoms with Crippen LogP contribution in [0.3, 0.4) is 0 Å². The maximum absolute atomic E-state index is 12.6. The molecule has 100 valence electrons. The Morgan fingerprint density at radius 3 is 3.00 bits per heavy atom. The van der Waals surface area contributed by atoms with Gasteiger partial charge in [0.1, 0.15) is 6.04 Å². The molecular formula is C15H13N3O2. The van der Waals surface area contributed by atoms with E-state index in [1.165, 1.54) is 0 Å². The number of nitrogens with one attached hydrogen (secondary N) is 1. The fourth-order valence-electron chi connectivity index (χ4n) is 3.12. The summed E-state index contributed by atoms with van der Waals surface area (Å²) in [4.78, 5) is 30.6. The zero-order chi connectivity index (χ0) is 13.7. The molecule has 1 unspecified atom stereocenters. The lowest BCUT2D eigenvalue weighted by Gasteiger charge is -2.30. The number of hydrogen-bond acceptors (Lipinski definition) is 3. The van der Waals surface area contributed by atoms with Gasteiger partial charge in [-0.1, -0.05) is 6.07 Å². The average molecular weight is 267 g/mol. The first kappa shape index (κ1) is 11.4. The zero-order valence-corrected chi connectivity index (χ0v) is 10.8. The Labute approximate surface area is 115 Å². The first-order chi connectivity index (χ1) is 9.77. The fraction of sp³-hybridized carbons (Fsp3) is 0.267. The van der Waals surface area contributed by atoms with Crippen molar-refractivity contribution >= 4 is 28.4 Å². The van der Waals surface area contributed by atoms with Gasteiger partial charge in [-0.25, -0.2) is 0 Å². The molecule has 0 radical (unpaired) electrons. The van der Waals surface area contributed by atoms with Crippen LogP contribution in [-0.2, 0) is 4.79 Å². The van der Waals surface area contributed by atoms with Crippen molar-refractivity contribution in [3.63, 3.8) is 0 Å². The number of benzene rings is 1. The van der Waals surface area contributed by atoms with Crippen LogP contribution in [0, 0.1) is 0 Å². The van der Waals surface area contributed by atoms with Crippen molar-refractivity contribution in [3.05, 3.63) is 36.0 Å². The monoisotopic (exact) mass is 267 g/mol. The van der Waals surface area contributed by atoms with Gasteiger partial charge in [-0.2, -0.15) is 0 Å². The molecule has 5 nitrogen and oxygen atoms in total. The molecule has 2 amide bonds. The SMILES string of the molecule is O=C1NCCCC1N1C(=O)c2cccc3nccc1c23. The lowest BCUT2D eigenvalue weighted by atomic mass is 10.0. The quantitative estimate of drug-likeness (QED) is 0.851. The molecule has 1 N–H and O–H groups in total. The van der Waals surface area contributed by atoms with Crippen LogP contribution in [0.4, 0.5) is 5.69 Å². The molecule has 0 saturated carbocycles. The number of anilines is 1. The maximum atomic E-state index is 12.6. The van der Waals surface area contributed by atoms with E-state index < -0.39 is 6.04 Å². The Morgan fingerprint density at radius 2 is 2.15 bits per heavy atom. The minimum absolute atomic E-state index is 0.0673. The lowest BCUT2D eigenvalue weighted by molar-refractivity contribution is -0.123. The number of carbonyl (C=O) groups is 2. The van der Waals surface area contributed by atoms with Crippen LogP contribution in [0.25, 0.3) is 10.9 Å². The summed E-state index contributed by atoms with van der Waals surface area (Å²) >= 11 is 0. The van der Waals surface area contributed by atoms with Gasteiger partial charge in [-0.05, 0) is 31.0 Å². The summed E-state index contributed by atoms with van der Waals surface area (Å²) in [6.45, 7) is 0.691. The molecule has 0 spiro atoms. The van der Waals surface area contributed by atoms with Gasteiger partial charge in [0.05, 0.1) is 16.8 Å². The second-order valence-corrected chi connectivity index (χ2v) is 5.15. The summed E-state index contributed by atoms with van der Waals surface area (Å²) in [6, 6.07) is 6.93. The number of pyridine rings is 1. The van der Waals surface area contributed by atoms with Crippen molar-refractivity contribution in [2.45, 2.75) is 18.9 Å². The Kier molecular flexibility index (Phi) is 2.30. The largest absolute Gasteiger partial charge is 0.354 e. The highest BCUT2D eigenvalue weighted by Crippen LogP contribution is 2.38. The highest BCUT2D eigenvalue weighted by molar-refractivity contribution is 6.26. The van der Waals surface area contributed by atoms with E-state index in [1.54, 1.807) is 17.2 Å². The summed E-state index contributed by atoms with van der Waals surface area (Å²) < 4.78 is 0. The Balaban J connectivity index is 1.90. The van der Waals surface area contributed by atoms with Crippen LogP contribution >= 0.6 is 0 Å². The molecule has 2 aromatic rings. The molecule has 1 atom stereocenters. The highest BCUT2D eigenvalue weighted by atomic mass is 16.2. The number of amides is 2. The van der Waals surface area contributed by atoms with E-state index in [9.17, 15) is 9.59 Å². The molecule has 5 heteroatoms. The molecule has 1 saturated heterocycles. The summed E-state index contributed by atoms with van der Waals surface area (Å²) in [7, 11) is 0. The molecule has 4 rings (SSSR count). The third-order valence-corrected chi connectivity index (χ3v) is 4.02. The Morgan fingerprint density at radius 1 is 1.25 bits per heavy atom. The van der Waals surface area contributed by atoms with E-state index >= 15 is 0 Å². The van der Waals surface area contributed by atoms with Crippen molar-refractivity contribution in [2.75, 3.05) is 11.4 Å². The summed E-state index contributed by atoms with van der Waals surface area (Å²) in [6.07, 6.45) is 3.29. The number of carbonyl (C=O) groups excluding carboxylic acids is 2. The smallest absolute Gasteiger partial charge is 0.259 e. The molecule has 0 bridgehead atoms. The maximum Gasteiger partial charge on any atom is 0.259 e. The van der Waals surface area contributed by atoms with Crippen LogP contribution in [0.15, 0.2) is 30.5 Å². The fourth-order valence-corrected chi connectivity index (χ4v) is 3.12. The van der Waals surface area contributed by atoms with Gasteiger partial charge in [-0.15, -0.1) is 0 Å². The van der Waals surface area contributed by atoms with Crippen LogP contribution in [-0.4, -0.2) is 29.4 Å². The zero-order valence-electron chi connectivity index (χ0n) is 10.8. The number of aromatic nitrogens is 1. The molecule has 20 heavy (non-hydrogen) atoms. The third kappa shape index (κ3) is 1.40. The van der Waals surface area contributed by atoms with E-state index in [-0.39, 0.29) is 11.8 Å². The van der Waals surface area contributed by atoms with E-state index in [4.69, 9.17) is 0 Å². The molecule has 0 aliphatic carbocycles. The van der Waals surface area contributed by atoms with Crippen LogP contribution < -0.4 is 10.2 Å². The molecule has 3 heterocycles. The number of hydrogen-bond donors (Lipinski definition) is 1. The van der Waals surface area contributed by atoms with Crippen LogP contribution in [0.2, 0.25) is 0 Å². The minimum atomic E-state index is -0.408. The van der Waals surface area contributed by atoms with Crippen molar-refractivity contribution in [1.82, 2.24) is 10.3 Å². The number of nitrogens with zero attached hydrogens (tertiary/aromatic N) is 2. The first-order valence-electron chi connectivity index (χ1n) is 6.76. The van der Waals surface area contributed by atoms with Gasteiger partial charge in [0.2, 0.25) is 5.91 Å². The molecule has 2 aliphatic heterocycles. The predicted molar refractivity (Wildman–Crippen MR) is 74.6 cm³/mol. The van der Waals surface area contributed by atoms with Gasteiger partial charge in [0.25, 0.3) is 5.91 Å².